The number of fused-ring (bicyclic) bond motifs is 1. The van der Waals surface area contributed by atoms with Crippen LogP contribution in [-0.2, 0) is 17.6 Å². The van der Waals surface area contributed by atoms with Crippen molar-refractivity contribution in [1.29, 1.82) is 0 Å². The van der Waals surface area contributed by atoms with E-state index in [-0.39, 0.29) is 17.9 Å². The molecule has 146 valence electrons. The van der Waals surface area contributed by atoms with Crippen molar-refractivity contribution in [2.75, 3.05) is 5.75 Å². The Bertz CT molecular complexity index is 968. The average molecular weight is 397 g/mol. The van der Waals surface area contributed by atoms with Gasteiger partial charge in [0.2, 0.25) is 5.91 Å². The van der Waals surface area contributed by atoms with E-state index in [1.54, 1.807) is 12.3 Å². The molecule has 1 aromatic heterocycles. The summed E-state index contributed by atoms with van der Waals surface area (Å²) >= 11 is 4.35. The van der Waals surface area contributed by atoms with Gasteiger partial charge in [0.05, 0.1) is 11.4 Å². The summed E-state index contributed by atoms with van der Waals surface area (Å²) in [5, 5.41) is 13.4. The molecule has 0 bridgehead atoms. The van der Waals surface area contributed by atoms with Gasteiger partial charge >= 0.3 is 6.09 Å². The average Bonchev–Trinajstić information content (AvgIpc) is 3.05. The van der Waals surface area contributed by atoms with Gasteiger partial charge in [0.15, 0.2) is 0 Å². The van der Waals surface area contributed by atoms with Crippen molar-refractivity contribution in [3.8, 4) is 0 Å². The standard InChI is InChI=1S/C22H24N2O3S/c1-15(23-21(25)18(14-28)12-16-7-3-2-4-8-16)11-17-13-24(22(26)27)20-10-6-5-9-19(17)20/h2-10,13,15,18,28H,11-12,14H2,1H3,(H,23,25)(H,26,27)/t15-,18?/m1/s1. The topological polar surface area (TPSA) is 71.3 Å². The van der Waals surface area contributed by atoms with E-state index in [9.17, 15) is 14.7 Å². The summed E-state index contributed by atoms with van der Waals surface area (Å²) in [4.78, 5) is 24.2. The monoisotopic (exact) mass is 396 g/mol. The fraction of sp³-hybridized carbons (Fsp3) is 0.273. The van der Waals surface area contributed by atoms with Gasteiger partial charge in [-0.25, -0.2) is 4.79 Å². The zero-order valence-electron chi connectivity index (χ0n) is 15.7. The van der Waals surface area contributed by atoms with Gasteiger partial charge in [0.1, 0.15) is 0 Å². The molecule has 2 N–H and O–H groups in total. The maximum atomic E-state index is 12.7. The maximum absolute atomic E-state index is 12.7. The van der Waals surface area contributed by atoms with Crippen molar-refractivity contribution < 1.29 is 14.7 Å². The highest BCUT2D eigenvalue weighted by molar-refractivity contribution is 7.80. The molecule has 1 heterocycles. The van der Waals surface area contributed by atoms with Crippen LogP contribution < -0.4 is 5.32 Å². The third-order valence-electron chi connectivity index (χ3n) is 4.83. The molecule has 1 amide bonds. The molecule has 3 aromatic rings. The second kappa shape index (κ2) is 8.97. The van der Waals surface area contributed by atoms with E-state index in [2.05, 4.69) is 17.9 Å². The van der Waals surface area contributed by atoms with Gasteiger partial charge in [-0.05, 0) is 37.0 Å². The van der Waals surface area contributed by atoms with Crippen LogP contribution in [0.5, 0.6) is 0 Å². The van der Waals surface area contributed by atoms with Crippen molar-refractivity contribution >= 4 is 35.5 Å². The molecule has 0 aliphatic heterocycles. The molecule has 0 aliphatic carbocycles. The first-order chi connectivity index (χ1) is 13.5. The largest absolute Gasteiger partial charge is 0.464 e. The first kappa shape index (κ1) is 20.0. The minimum Gasteiger partial charge on any atom is -0.464 e. The minimum atomic E-state index is -1.02. The number of rotatable bonds is 7. The lowest BCUT2D eigenvalue weighted by atomic mass is 9.99. The van der Waals surface area contributed by atoms with E-state index in [4.69, 9.17) is 0 Å². The number of hydrogen-bond donors (Lipinski definition) is 3. The molecule has 0 spiro atoms. The highest BCUT2D eigenvalue weighted by atomic mass is 32.1. The van der Waals surface area contributed by atoms with Gasteiger partial charge in [-0.3, -0.25) is 9.36 Å². The van der Waals surface area contributed by atoms with Gasteiger partial charge in [-0.15, -0.1) is 0 Å². The van der Waals surface area contributed by atoms with E-state index in [1.807, 2.05) is 55.5 Å². The van der Waals surface area contributed by atoms with E-state index in [0.29, 0.717) is 24.1 Å². The molecule has 6 heteroatoms. The normalized spacial score (nSPS) is 13.2. The summed E-state index contributed by atoms with van der Waals surface area (Å²) in [7, 11) is 0. The van der Waals surface area contributed by atoms with E-state index in [1.165, 1.54) is 4.57 Å². The molecule has 28 heavy (non-hydrogen) atoms. The summed E-state index contributed by atoms with van der Waals surface area (Å²) < 4.78 is 1.23. The van der Waals surface area contributed by atoms with Crippen LogP contribution in [0.15, 0.2) is 60.8 Å². The lowest BCUT2D eigenvalue weighted by Crippen LogP contribution is -2.39. The number of nitrogens with one attached hydrogen (secondary N) is 1. The lowest BCUT2D eigenvalue weighted by molar-refractivity contribution is -0.124. The Morgan fingerprint density at radius 2 is 1.75 bits per heavy atom. The predicted octanol–water partition coefficient (Wildman–Crippen LogP) is 4.00. The van der Waals surface area contributed by atoms with Crippen LogP contribution in [0.25, 0.3) is 10.9 Å². The summed E-state index contributed by atoms with van der Waals surface area (Å²) in [5.41, 5.74) is 2.66. The molecule has 0 radical (unpaired) electrons. The molecule has 0 saturated carbocycles. The fourth-order valence-electron chi connectivity index (χ4n) is 3.45. The summed E-state index contributed by atoms with van der Waals surface area (Å²) in [6.07, 6.45) is 1.81. The molecule has 5 nitrogen and oxygen atoms in total. The molecule has 2 atom stereocenters. The van der Waals surface area contributed by atoms with Crippen LogP contribution >= 0.6 is 12.6 Å². The van der Waals surface area contributed by atoms with E-state index >= 15 is 0 Å². The van der Waals surface area contributed by atoms with Gasteiger partial charge in [-0.2, -0.15) is 12.6 Å². The van der Waals surface area contributed by atoms with Crippen LogP contribution in [0.2, 0.25) is 0 Å². The number of carbonyl (C=O) groups is 2. The Kier molecular flexibility index (Phi) is 6.41. The number of hydrogen-bond acceptors (Lipinski definition) is 3. The van der Waals surface area contributed by atoms with Crippen LogP contribution in [0.3, 0.4) is 0 Å². The molecule has 0 saturated heterocycles. The molecular formula is C22H24N2O3S. The van der Waals surface area contributed by atoms with Crippen LogP contribution in [-0.4, -0.2) is 33.5 Å². The Labute approximate surface area is 169 Å². The first-order valence-electron chi connectivity index (χ1n) is 9.27. The van der Waals surface area contributed by atoms with E-state index in [0.717, 1.165) is 16.5 Å². The van der Waals surface area contributed by atoms with Gasteiger partial charge in [0.25, 0.3) is 0 Å². The number of nitrogens with zero attached hydrogens (tertiary/aromatic N) is 1. The first-order valence-corrected chi connectivity index (χ1v) is 9.90. The predicted molar refractivity (Wildman–Crippen MR) is 114 cm³/mol. The minimum absolute atomic E-state index is 0.0340. The number of amides is 1. The zero-order chi connectivity index (χ0) is 20.1. The van der Waals surface area contributed by atoms with Gasteiger partial charge < -0.3 is 10.4 Å². The molecule has 2 aromatic carbocycles. The Morgan fingerprint density at radius 1 is 1.07 bits per heavy atom. The number of thiol groups is 1. The SMILES string of the molecule is C[C@H](Cc1cn(C(=O)O)c2ccccc12)NC(=O)C(CS)Cc1ccccc1. The maximum Gasteiger partial charge on any atom is 0.416 e. The van der Waals surface area contributed by atoms with Crippen molar-refractivity contribution in [3.63, 3.8) is 0 Å². The third-order valence-corrected chi connectivity index (χ3v) is 5.27. The molecule has 3 rings (SSSR count). The molecular weight excluding hydrogens is 372 g/mol. The summed E-state index contributed by atoms with van der Waals surface area (Å²) in [6.45, 7) is 1.93. The second-order valence-corrected chi connectivity index (χ2v) is 7.37. The molecule has 0 fully saturated rings. The smallest absolute Gasteiger partial charge is 0.416 e. The zero-order valence-corrected chi connectivity index (χ0v) is 16.6. The molecule has 1 unspecified atom stereocenters. The number of aromatic nitrogens is 1. The quantitative estimate of drug-likeness (QED) is 0.529. The van der Waals surface area contributed by atoms with Crippen molar-refractivity contribution in [2.24, 2.45) is 5.92 Å². The van der Waals surface area contributed by atoms with Crippen LogP contribution in [0.4, 0.5) is 4.79 Å². The summed E-state index contributed by atoms with van der Waals surface area (Å²) in [5.74, 6) is 0.216. The number of carbonyl (C=O) groups excluding carboxylic acids is 1. The number of para-hydroxylation sites is 1. The lowest BCUT2D eigenvalue weighted by Gasteiger charge is -2.19. The number of benzene rings is 2. The van der Waals surface area contributed by atoms with Crippen molar-refractivity contribution in [1.82, 2.24) is 9.88 Å². The Morgan fingerprint density at radius 3 is 2.43 bits per heavy atom. The fourth-order valence-corrected chi connectivity index (χ4v) is 3.75. The highest BCUT2D eigenvalue weighted by Crippen LogP contribution is 2.22. The van der Waals surface area contributed by atoms with Gasteiger partial charge in [-0.1, -0.05) is 48.5 Å². The van der Waals surface area contributed by atoms with Crippen LogP contribution in [0.1, 0.15) is 18.1 Å². The van der Waals surface area contributed by atoms with Crippen molar-refractivity contribution in [3.05, 3.63) is 71.9 Å². The Hall–Kier alpha value is -2.73. The van der Waals surface area contributed by atoms with E-state index < -0.39 is 6.09 Å². The molecule has 0 aliphatic rings. The third kappa shape index (κ3) is 4.57. The highest BCUT2D eigenvalue weighted by Gasteiger charge is 2.20. The van der Waals surface area contributed by atoms with Crippen LogP contribution in [0, 0.1) is 5.92 Å². The second-order valence-electron chi connectivity index (χ2n) is 7.01. The Balaban J connectivity index is 1.69. The number of carboxylic acid groups (broad SMARTS) is 1. The summed E-state index contributed by atoms with van der Waals surface area (Å²) in [6, 6.07) is 17.2. The van der Waals surface area contributed by atoms with Crippen molar-refractivity contribution in [2.45, 2.75) is 25.8 Å². The van der Waals surface area contributed by atoms with Gasteiger partial charge in [0, 0.05) is 23.4 Å².